The van der Waals surface area contributed by atoms with Gasteiger partial charge in [-0.1, -0.05) is 60.0 Å². The summed E-state index contributed by atoms with van der Waals surface area (Å²) < 4.78 is 4.25. The number of hydrogen-bond donors (Lipinski definition) is 0. The maximum absolute atomic E-state index is 13.3. The quantitative estimate of drug-likeness (QED) is 0.236. The molecule has 0 spiro atoms. The van der Waals surface area contributed by atoms with E-state index >= 15 is 0 Å². The first kappa shape index (κ1) is 20.0. The van der Waals surface area contributed by atoms with Crippen LogP contribution in [0.15, 0.2) is 71.2 Å². The molecule has 3 rings (SSSR count). The molecular weight excluding hydrogens is 408 g/mol. The van der Waals surface area contributed by atoms with Crippen LogP contribution in [-0.2, 0) is 0 Å². The lowest BCUT2D eigenvalue weighted by atomic mass is 10.3. The fourth-order valence-corrected chi connectivity index (χ4v) is 4.56. The number of nitrogens with zero attached hydrogens (tertiary/aromatic N) is 4. The Morgan fingerprint density at radius 1 is 1.43 bits per heavy atom. The molecule has 0 atom stereocenters. The van der Waals surface area contributed by atoms with E-state index < -0.39 is 0 Å². The van der Waals surface area contributed by atoms with Crippen molar-refractivity contribution in [1.29, 1.82) is 5.26 Å². The molecule has 8 heteroatoms. The number of allylic oxidation sites excluding steroid dienone is 5. The number of aromatic nitrogens is 3. The highest BCUT2D eigenvalue weighted by molar-refractivity contribution is 7.99. The van der Waals surface area contributed by atoms with Gasteiger partial charge in [0.15, 0.2) is 14.8 Å². The Hall–Kier alpha value is -2.73. The highest BCUT2D eigenvalue weighted by Gasteiger charge is 2.18. The molecule has 0 fully saturated rings. The average molecular weight is 425 g/mol. The van der Waals surface area contributed by atoms with E-state index in [0.29, 0.717) is 25.1 Å². The Balaban J connectivity index is 2.38. The maximum Gasteiger partial charge on any atom is 0.278 e. The van der Waals surface area contributed by atoms with Crippen LogP contribution in [0.1, 0.15) is 6.92 Å². The van der Waals surface area contributed by atoms with Gasteiger partial charge in [0.05, 0.1) is 17.5 Å². The maximum atomic E-state index is 13.3. The van der Waals surface area contributed by atoms with E-state index in [4.69, 9.17) is 22.5 Å². The first-order chi connectivity index (χ1) is 13.6. The summed E-state index contributed by atoms with van der Waals surface area (Å²) in [5.74, 6) is 0.179. The average Bonchev–Trinajstić information content (AvgIpc) is 3.04. The molecular formula is C20H16N4OS3. The third-order valence-corrected chi connectivity index (χ3v) is 5.94. The number of fused-ring (bicyclic) bond motifs is 1. The molecule has 0 unspecified atom stereocenters. The van der Waals surface area contributed by atoms with E-state index in [0.717, 1.165) is 5.70 Å². The first-order valence-corrected chi connectivity index (χ1v) is 10.5. The number of benzene rings is 1. The molecule has 5 nitrogen and oxygen atoms in total. The summed E-state index contributed by atoms with van der Waals surface area (Å²) in [5, 5.41) is 9.46. The molecule has 0 amide bonds. The van der Waals surface area contributed by atoms with Gasteiger partial charge in [-0.15, -0.1) is 0 Å². The molecule has 28 heavy (non-hydrogen) atoms. The summed E-state index contributed by atoms with van der Waals surface area (Å²) in [6, 6.07) is 11.4. The van der Waals surface area contributed by atoms with Crippen molar-refractivity contribution in [3.8, 4) is 11.8 Å². The van der Waals surface area contributed by atoms with Crippen LogP contribution >= 0.6 is 35.3 Å². The fourth-order valence-electron chi connectivity index (χ4n) is 2.59. The van der Waals surface area contributed by atoms with Gasteiger partial charge in [-0.25, -0.2) is 4.98 Å². The Morgan fingerprint density at radius 2 is 2.18 bits per heavy atom. The van der Waals surface area contributed by atoms with E-state index in [1.165, 1.54) is 27.7 Å². The van der Waals surface area contributed by atoms with Crippen molar-refractivity contribution < 1.29 is 0 Å². The molecule has 2 heterocycles. The van der Waals surface area contributed by atoms with E-state index in [1.54, 1.807) is 10.6 Å². The highest BCUT2D eigenvalue weighted by atomic mass is 32.2. The van der Waals surface area contributed by atoms with Crippen LogP contribution in [0, 0.1) is 15.3 Å². The molecule has 0 saturated carbocycles. The van der Waals surface area contributed by atoms with Gasteiger partial charge < -0.3 is 0 Å². The smallest absolute Gasteiger partial charge is 0.275 e. The first-order valence-electron chi connectivity index (χ1n) is 8.32. The largest absolute Gasteiger partial charge is 0.278 e. The zero-order valence-electron chi connectivity index (χ0n) is 15.0. The Kier molecular flexibility index (Phi) is 6.41. The van der Waals surface area contributed by atoms with Crippen molar-refractivity contribution in [2.45, 2.75) is 12.1 Å². The van der Waals surface area contributed by atoms with E-state index in [9.17, 15) is 4.79 Å². The third kappa shape index (κ3) is 3.78. The molecule has 0 aliphatic rings. The molecule has 1 aromatic carbocycles. The molecule has 0 aliphatic carbocycles. The van der Waals surface area contributed by atoms with Crippen LogP contribution in [-0.4, -0.2) is 19.9 Å². The zero-order chi connectivity index (χ0) is 20.1. The summed E-state index contributed by atoms with van der Waals surface area (Å²) >= 11 is 7.95. The molecule has 140 valence electrons. The highest BCUT2D eigenvalue weighted by Crippen LogP contribution is 2.27. The minimum atomic E-state index is -0.207. The summed E-state index contributed by atoms with van der Waals surface area (Å²) in [6.45, 7) is 5.77. The van der Waals surface area contributed by atoms with E-state index in [1.807, 2.05) is 55.5 Å². The van der Waals surface area contributed by atoms with Crippen molar-refractivity contribution in [3.05, 3.63) is 75.5 Å². The number of para-hydroxylation sites is 1. The summed E-state index contributed by atoms with van der Waals surface area (Å²) in [7, 11) is 0. The third-order valence-electron chi connectivity index (χ3n) is 3.78. The van der Waals surface area contributed by atoms with Crippen molar-refractivity contribution >= 4 is 51.4 Å². The zero-order valence-corrected chi connectivity index (χ0v) is 17.5. The lowest BCUT2D eigenvalue weighted by Crippen LogP contribution is -2.21. The lowest BCUT2D eigenvalue weighted by molar-refractivity contribution is 0.814. The molecule has 0 radical (unpaired) electrons. The van der Waals surface area contributed by atoms with Crippen LogP contribution in [0.5, 0.6) is 0 Å². The van der Waals surface area contributed by atoms with Crippen LogP contribution in [0.3, 0.4) is 0 Å². The summed E-state index contributed by atoms with van der Waals surface area (Å²) in [5.41, 5.74) is 1.70. The van der Waals surface area contributed by atoms with Crippen LogP contribution < -0.4 is 5.56 Å². The van der Waals surface area contributed by atoms with Gasteiger partial charge in [-0.05, 0) is 43.4 Å². The van der Waals surface area contributed by atoms with Gasteiger partial charge in [-0.3, -0.25) is 13.9 Å². The van der Waals surface area contributed by atoms with Gasteiger partial charge in [-0.2, -0.15) is 5.26 Å². The van der Waals surface area contributed by atoms with Crippen molar-refractivity contribution in [1.82, 2.24) is 14.1 Å². The topological polar surface area (TPSA) is 63.6 Å². The number of nitriles is 1. The number of hydrogen-bond acceptors (Lipinski definition) is 6. The van der Waals surface area contributed by atoms with Gasteiger partial charge in [0.2, 0.25) is 0 Å². The normalized spacial score (nSPS) is 11.8. The lowest BCUT2D eigenvalue weighted by Gasteiger charge is -2.12. The Labute approximate surface area is 175 Å². The molecule has 0 saturated heterocycles. The van der Waals surface area contributed by atoms with Gasteiger partial charge in [0.25, 0.3) is 5.56 Å². The Morgan fingerprint density at radius 3 is 2.82 bits per heavy atom. The summed E-state index contributed by atoms with van der Waals surface area (Å²) in [4.78, 5) is 18.0. The predicted octanol–water partition coefficient (Wildman–Crippen LogP) is 5.20. The van der Waals surface area contributed by atoms with Gasteiger partial charge in [0, 0.05) is 5.70 Å². The fraction of sp³-hybridized carbons (Fsp3) is 0.100. The second-order valence-electron chi connectivity index (χ2n) is 5.49. The van der Waals surface area contributed by atoms with Crippen molar-refractivity contribution in [2.24, 2.45) is 0 Å². The van der Waals surface area contributed by atoms with E-state index in [2.05, 4.69) is 12.6 Å². The Bertz CT molecular complexity index is 1240. The van der Waals surface area contributed by atoms with Crippen molar-refractivity contribution in [2.75, 3.05) is 5.75 Å². The van der Waals surface area contributed by atoms with Crippen LogP contribution in [0.2, 0.25) is 0 Å². The number of thioether (sulfide) groups is 1. The molecule has 0 aliphatic heterocycles. The predicted molar refractivity (Wildman–Crippen MR) is 120 cm³/mol. The minimum absolute atomic E-state index is 0.179. The molecule has 0 bridgehead atoms. The van der Waals surface area contributed by atoms with E-state index in [-0.39, 0.29) is 11.3 Å². The van der Waals surface area contributed by atoms with Gasteiger partial charge >= 0.3 is 0 Å². The van der Waals surface area contributed by atoms with Gasteiger partial charge in [0.1, 0.15) is 4.70 Å². The molecule has 0 N–H and O–H groups in total. The standard InChI is InChI=1S/C20H16N4OS3/c1-3-5-9-14(4-2)23-17-16(28-20(23)26)18(25)24(15-10-7-6-8-11-15)19(22-17)27-13-12-21/h3-11H,2,13H2,1H3/b5-3-,14-9+. The number of rotatable bonds is 6. The summed E-state index contributed by atoms with van der Waals surface area (Å²) in [6.07, 6.45) is 7.31. The van der Waals surface area contributed by atoms with Crippen LogP contribution in [0.4, 0.5) is 0 Å². The minimum Gasteiger partial charge on any atom is -0.275 e. The molecule has 2 aromatic heterocycles. The van der Waals surface area contributed by atoms with Crippen molar-refractivity contribution in [3.63, 3.8) is 0 Å². The van der Waals surface area contributed by atoms with Crippen LogP contribution in [0.25, 0.3) is 21.7 Å². The monoisotopic (exact) mass is 424 g/mol. The number of thiazole rings is 1. The SMILES string of the molecule is C=C/C(=C\C=C/C)n1c(=S)sc2c(=O)n(-c3ccccc3)c(SCC#N)nc21. The second kappa shape index (κ2) is 8.97. The molecule has 3 aromatic rings. The second-order valence-corrected chi connectivity index (χ2v) is 8.08.